The number of aromatic nitrogens is 1. The van der Waals surface area contributed by atoms with Crippen molar-refractivity contribution in [1.29, 1.82) is 0 Å². The number of benzene rings is 3. The van der Waals surface area contributed by atoms with Crippen LogP contribution >= 0.6 is 34.7 Å². The number of anilines is 2. The molecule has 3 aromatic carbocycles. The van der Waals surface area contributed by atoms with Gasteiger partial charge in [-0.05, 0) is 60.5 Å². The van der Waals surface area contributed by atoms with E-state index in [0.717, 1.165) is 16.9 Å². The average molecular weight is 622 g/mol. The number of nitrogens with one attached hydrogen (secondary N) is 2. The number of thiazole rings is 1. The number of para-hydroxylation sites is 1. The lowest BCUT2D eigenvalue weighted by Crippen LogP contribution is -2.32. The molecule has 1 aromatic heterocycles. The number of halogens is 1. The highest BCUT2D eigenvalue weighted by Crippen LogP contribution is 2.53. The van der Waals surface area contributed by atoms with E-state index in [1.807, 2.05) is 31.2 Å². The van der Waals surface area contributed by atoms with Gasteiger partial charge in [-0.15, -0.1) is 0 Å². The first kappa shape index (κ1) is 28.1. The van der Waals surface area contributed by atoms with E-state index < -0.39 is 17.1 Å². The van der Waals surface area contributed by atoms with Crippen LogP contribution < -0.4 is 24.6 Å². The Hall–Kier alpha value is -4.06. The lowest BCUT2D eigenvalue weighted by atomic mass is 9.83. The number of imide groups is 1. The summed E-state index contributed by atoms with van der Waals surface area (Å²) in [6, 6.07) is 19.1. The van der Waals surface area contributed by atoms with E-state index in [0.29, 0.717) is 43.4 Å². The van der Waals surface area contributed by atoms with Crippen LogP contribution in [0.2, 0.25) is 5.02 Å². The maximum atomic E-state index is 13.9. The van der Waals surface area contributed by atoms with E-state index in [-0.39, 0.29) is 29.2 Å². The number of hydrogen-bond acceptors (Lipinski definition) is 8. The number of thioether (sulfide) groups is 1. The number of H-pyrrole nitrogens is 1. The van der Waals surface area contributed by atoms with Gasteiger partial charge in [0.1, 0.15) is 5.25 Å². The number of nitrogens with zero attached hydrogens (tertiary/aromatic N) is 1. The van der Waals surface area contributed by atoms with Gasteiger partial charge in [-0.25, -0.2) is 4.90 Å². The normalized spacial score (nSPS) is 19.3. The molecule has 2 N–H and O–H groups in total. The van der Waals surface area contributed by atoms with Gasteiger partial charge < -0.3 is 19.8 Å². The van der Waals surface area contributed by atoms with E-state index >= 15 is 0 Å². The fourth-order valence-electron chi connectivity index (χ4n) is 5.26. The van der Waals surface area contributed by atoms with Gasteiger partial charge >= 0.3 is 4.87 Å². The Bertz CT molecular complexity index is 1770. The Labute approximate surface area is 253 Å². The molecule has 0 unspecified atom stereocenters. The van der Waals surface area contributed by atoms with Crippen LogP contribution in [-0.2, 0) is 14.4 Å². The highest BCUT2D eigenvalue weighted by molar-refractivity contribution is 8.00. The fraction of sp³-hybridized carbons (Fsp3) is 0.200. The molecule has 4 aromatic rings. The van der Waals surface area contributed by atoms with Crippen molar-refractivity contribution in [3.05, 3.63) is 97.4 Å². The largest absolute Gasteiger partial charge is 0.493 e. The highest BCUT2D eigenvalue weighted by atomic mass is 35.5. The summed E-state index contributed by atoms with van der Waals surface area (Å²) in [7, 11) is 1.48. The predicted molar refractivity (Wildman–Crippen MR) is 162 cm³/mol. The van der Waals surface area contributed by atoms with Crippen molar-refractivity contribution in [2.45, 2.75) is 23.1 Å². The van der Waals surface area contributed by atoms with Gasteiger partial charge in [-0.1, -0.05) is 59.0 Å². The summed E-state index contributed by atoms with van der Waals surface area (Å²) in [5, 5.41) is 3.16. The number of aryl methyl sites for hydroxylation is 1. The maximum Gasteiger partial charge on any atom is 0.305 e. The van der Waals surface area contributed by atoms with Crippen molar-refractivity contribution in [3.8, 4) is 11.5 Å². The van der Waals surface area contributed by atoms with Gasteiger partial charge in [0.05, 0.1) is 23.7 Å². The van der Waals surface area contributed by atoms with Crippen LogP contribution in [0, 0.1) is 12.8 Å². The molecule has 3 amide bonds. The molecule has 42 heavy (non-hydrogen) atoms. The van der Waals surface area contributed by atoms with Crippen molar-refractivity contribution in [2.75, 3.05) is 23.9 Å². The SMILES string of the molecule is COc1cc([C@@H]2c3sc(=O)[nH]c3S[C@H]3C(=O)N(c4ccc(Cl)cc4)C(=O)[C@@H]23)ccc1OCC(=O)Nc1ccccc1C. The molecule has 0 saturated carbocycles. The molecule has 12 heteroatoms. The number of ether oxygens (including phenoxy) is 2. The van der Waals surface area contributed by atoms with Gasteiger partial charge in [0.15, 0.2) is 18.1 Å². The van der Waals surface area contributed by atoms with Crippen molar-refractivity contribution in [1.82, 2.24) is 4.98 Å². The molecule has 0 aliphatic carbocycles. The van der Waals surface area contributed by atoms with Gasteiger partial charge in [0.25, 0.3) is 5.91 Å². The zero-order valence-electron chi connectivity index (χ0n) is 22.4. The van der Waals surface area contributed by atoms with Crippen LogP contribution in [-0.4, -0.2) is 41.7 Å². The van der Waals surface area contributed by atoms with Crippen LogP contribution in [0.25, 0.3) is 0 Å². The molecule has 2 aliphatic heterocycles. The second-order valence-electron chi connectivity index (χ2n) is 9.80. The lowest BCUT2D eigenvalue weighted by molar-refractivity contribution is -0.122. The quantitative estimate of drug-likeness (QED) is 0.272. The Balaban J connectivity index is 1.30. The second kappa shape index (κ2) is 11.3. The number of fused-ring (bicyclic) bond motifs is 2. The number of carbonyl (C=O) groups excluding carboxylic acids is 3. The summed E-state index contributed by atoms with van der Waals surface area (Å²) < 4.78 is 11.4. The van der Waals surface area contributed by atoms with Crippen molar-refractivity contribution in [2.24, 2.45) is 5.92 Å². The van der Waals surface area contributed by atoms with E-state index in [9.17, 15) is 19.2 Å². The summed E-state index contributed by atoms with van der Waals surface area (Å²) in [6.07, 6.45) is 0. The minimum absolute atomic E-state index is 0.249. The van der Waals surface area contributed by atoms with E-state index in [2.05, 4.69) is 10.3 Å². The zero-order valence-corrected chi connectivity index (χ0v) is 24.8. The summed E-state index contributed by atoms with van der Waals surface area (Å²) >= 11 is 8.26. The lowest BCUT2D eigenvalue weighted by Gasteiger charge is -2.30. The summed E-state index contributed by atoms with van der Waals surface area (Å²) in [6.45, 7) is 1.65. The molecule has 214 valence electrons. The molecule has 0 bridgehead atoms. The van der Waals surface area contributed by atoms with Crippen molar-refractivity contribution < 1.29 is 23.9 Å². The third-order valence-corrected chi connectivity index (χ3v) is 9.89. The molecule has 2 aliphatic rings. The molecule has 3 atom stereocenters. The number of carbonyl (C=O) groups is 3. The second-order valence-corrected chi connectivity index (χ2v) is 12.4. The molecule has 3 heterocycles. The molecule has 1 saturated heterocycles. The highest BCUT2D eigenvalue weighted by Gasteiger charge is 2.56. The Morgan fingerprint density at radius 2 is 1.79 bits per heavy atom. The molecule has 6 rings (SSSR count). The van der Waals surface area contributed by atoms with Crippen LogP contribution in [0.15, 0.2) is 76.6 Å². The van der Waals surface area contributed by atoms with Gasteiger partial charge in [-0.2, -0.15) is 0 Å². The first-order chi connectivity index (χ1) is 20.2. The molecular weight excluding hydrogens is 598 g/mol. The molecule has 1 fully saturated rings. The maximum absolute atomic E-state index is 13.9. The molecule has 0 radical (unpaired) electrons. The average Bonchev–Trinajstić information content (AvgIpc) is 3.47. The first-order valence-corrected chi connectivity index (χ1v) is 15.0. The third kappa shape index (κ3) is 5.08. The Morgan fingerprint density at radius 3 is 2.52 bits per heavy atom. The summed E-state index contributed by atoms with van der Waals surface area (Å²) in [4.78, 5) is 56.9. The van der Waals surface area contributed by atoms with Crippen LogP contribution in [0.1, 0.15) is 21.9 Å². The van der Waals surface area contributed by atoms with Gasteiger partial charge in [-0.3, -0.25) is 19.2 Å². The molecule has 9 nitrogen and oxygen atoms in total. The number of rotatable bonds is 7. The number of aromatic amines is 1. The van der Waals surface area contributed by atoms with Gasteiger partial charge in [0.2, 0.25) is 11.8 Å². The number of amides is 3. The van der Waals surface area contributed by atoms with Gasteiger partial charge in [0, 0.05) is 21.5 Å². The van der Waals surface area contributed by atoms with Crippen molar-refractivity contribution in [3.63, 3.8) is 0 Å². The zero-order chi connectivity index (χ0) is 29.5. The van der Waals surface area contributed by atoms with Crippen LogP contribution in [0.4, 0.5) is 11.4 Å². The van der Waals surface area contributed by atoms with Crippen LogP contribution in [0.3, 0.4) is 0 Å². The van der Waals surface area contributed by atoms with Crippen molar-refractivity contribution >= 4 is 63.8 Å². The molecule has 0 spiro atoms. The van der Waals surface area contributed by atoms with E-state index in [1.54, 1.807) is 42.5 Å². The predicted octanol–water partition coefficient (Wildman–Crippen LogP) is 5.22. The Morgan fingerprint density at radius 1 is 1.02 bits per heavy atom. The smallest absolute Gasteiger partial charge is 0.305 e. The molecular formula is C30H24ClN3O6S2. The summed E-state index contributed by atoms with van der Waals surface area (Å²) in [5.41, 5.74) is 2.74. The number of methoxy groups -OCH3 is 1. The monoisotopic (exact) mass is 621 g/mol. The van der Waals surface area contributed by atoms with E-state index in [4.69, 9.17) is 21.1 Å². The third-order valence-electron chi connectivity index (χ3n) is 7.23. The van der Waals surface area contributed by atoms with Crippen LogP contribution in [0.5, 0.6) is 11.5 Å². The first-order valence-electron chi connectivity index (χ1n) is 12.9. The topological polar surface area (TPSA) is 118 Å². The van der Waals surface area contributed by atoms with E-state index in [1.165, 1.54) is 23.8 Å². The fourth-order valence-corrected chi connectivity index (χ4v) is 7.90. The Kier molecular flexibility index (Phi) is 7.56. The summed E-state index contributed by atoms with van der Waals surface area (Å²) in [5.74, 6) is -1.70. The number of hydrogen-bond donors (Lipinski definition) is 2. The standard InChI is InChI=1S/C30H24ClN3O6S2/c1-15-5-3-4-6-19(15)32-22(35)14-40-20-12-7-16(13-21(20)39-2)23-24-26(41-27-25(23)42-30(38)33-27)29(37)34(28(24)36)18-10-8-17(31)9-11-18/h3-13,23-24,26H,14H2,1-2H3,(H,32,35)(H,33,38)/t23-,24-,26+/m0/s1. The minimum atomic E-state index is -0.756. The minimum Gasteiger partial charge on any atom is -0.493 e.